The Balaban J connectivity index is 1.41. The van der Waals surface area contributed by atoms with Crippen LogP contribution in [0.1, 0.15) is 15.9 Å². The first kappa shape index (κ1) is 24.7. The van der Waals surface area contributed by atoms with Gasteiger partial charge in [-0.1, -0.05) is 18.2 Å². The summed E-state index contributed by atoms with van der Waals surface area (Å²) in [5.41, 5.74) is 3.88. The molecule has 37 heavy (non-hydrogen) atoms. The Hall–Kier alpha value is -4.01. The van der Waals surface area contributed by atoms with E-state index in [4.69, 9.17) is 18.6 Å². The number of nitrogens with zero attached hydrogens (tertiary/aromatic N) is 1. The number of carbonyl (C=O) groups excluding carboxylic acids is 1. The van der Waals surface area contributed by atoms with Crippen LogP contribution in [0.15, 0.2) is 65.1 Å². The summed E-state index contributed by atoms with van der Waals surface area (Å²) in [5.74, 6) is 1.64. The zero-order valence-electron chi connectivity index (χ0n) is 21.3. The first-order chi connectivity index (χ1) is 18.1. The van der Waals surface area contributed by atoms with Crippen LogP contribution in [0.2, 0.25) is 0 Å². The van der Waals surface area contributed by atoms with Crippen LogP contribution < -0.4 is 24.8 Å². The molecule has 8 nitrogen and oxygen atoms in total. The van der Waals surface area contributed by atoms with Gasteiger partial charge in [-0.3, -0.25) is 9.69 Å². The Morgan fingerprint density at radius 1 is 0.946 bits per heavy atom. The zero-order chi connectivity index (χ0) is 25.8. The average Bonchev–Trinajstić information content (AvgIpc) is 3.36. The molecule has 5 rings (SSSR count). The minimum absolute atomic E-state index is 0.305. The molecule has 8 heteroatoms. The van der Waals surface area contributed by atoms with E-state index >= 15 is 0 Å². The van der Waals surface area contributed by atoms with Crippen molar-refractivity contribution < 1.29 is 23.4 Å². The second-order valence-electron chi connectivity index (χ2n) is 8.92. The molecule has 0 atom stereocenters. The molecule has 0 spiro atoms. The Labute approximate surface area is 216 Å². The minimum Gasteiger partial charge on any atom is -0.493 e. The monoisotopic (exact) mass is 501 g/mol. The van der Waals surface area contributed by atoms with Gasteiger partial charge in [0.2, 0.25) is 5.75 Å². The third-order valence-corrected chi connectivity index (χ3v) is 6.56. The van der Waals surface area contributed by atoms with Gasteiger partial charge in [-0.25, -0.2) is 0 Å². The average molecular weight is 502 g/mol. The number of amides is 1. The summed E-state index contributed by atoms with van der Waals surface area (Å²) in [6.45, 7) is 5.06. The molecule has 1 amide bonds. The number of fused-ring (bicyclic) bond motifs is 1. The first-order valence-electron chi connectivity index (χ1n) is 12.3. The van der Waals surface area contributed by atoms with E-state index in [0.717, 1.165) is 49.3 Å². The molecule has 1 aromatic heterocycles. The van der Waals surface area contributed by atoms with E-state index in [9.17, 15) is 4.79 Å². The molecule has 192 valence electrons. The molecule has 3 aromatic carbocycles. The number of ether oxygens (including phenoxy) is 3. The van der Waals surface area contributed by atoms with E-state index in [2.05, 4.69) is 27.7 Å². The van der Waals surface area contributed by atoms with Crippen molar-refractivity contribution in [3.8, 4) is 28.6 Å². The van der Waals surface area contributed by atoms with Crippen LogP contribution in [0.3, 0.4) is 0 Å². The number of rotatable bonds is 8. The maximum Gasteiger partial charge on any atom is 0.255 e. The van der Waals surface area contributed by atoms with Crippen LogP contribution >= 0.6 is 0 Å². The highest BCUT2D eigenvalue weighted by Crippen LogP contribution is 2.39. The zero-order valence-corrected chi connectivity index (χ0v) is 21.3. The third kappa shape index (κ3) is 5.26. The van der Waals surface area contributed by atoms with E-state index in [0.29, 0.717) is 34.3 Å². The topological polar surface area (TPSA) is 85.2 Å². The largest absolute Gasteiger partial charge is 0.493 e. The van der Waals surface area contributed by atoms with Crippen molar-refractivity contribution in [1.29, 1.82) is 0 Å². The van der Waals surface area contributed by atoms with Gasteiger partial charge in [0.1, 0.15) is 11.3 Å². The van der Waals surface area contributed by atoms with Crippen molar-refractivity contribution in [2.45, 2.75) is 6.54 Å². The van der Waals surface area contributed by atoms with Gasteiger partial charge in [0.15, 0.2) is 11.5 Å². The molecular formula is C29H31N3O5. The van der Waals surface area contributed by atoms with Gasteiger partial charge in [-0.2, -0.15) is 0 Å². The lowest BCUT2D eigenvalue weighted by Crippen LogP contribution is -2.42. The highest BCUT2D eigenvalue weighted by Gasteiger charge is 2.19. The summed E-state index contributed by atoms with van der Waals surface area (Å²) < 4.78 is 22.4. The first-order valence-corrected chi connectivity index (χ1v) is 12.3. The van der Waals surface area contributed by atoms with Crippen LogP contribution in [-0.4, -0.2) is 58.3 Å². The normalized spacial score (nSPS) is 13.9. The Morgan fingerprint density at radius 3 is 2.38 bits per heavy atom. The van der Waals surface area contributed by atoms with Gasteiger partial charge in [0, 0.05) is 49.2 Å². The molecule has 1 saturated heterocycles. The van der Waals surface area contributed by atoms with Gasteiger partial charge in [0.25, 0.3) is 5.91 Å². The minimum atomic E-state index is -0.305. The molecule has 0 bridgehead atoms. The van der Waals surface area contributed by atoms with Crippen LogP contribution in [-0.2, 0) is 6.54 Å². The molecule has 0 saturated carbocycles. The lowest BCUT2D eigenvalue weighted by atomic mass is 10.1. The maximum absolute atomic E-state index is 13.2. The number of anilines is 1. The quantitative estimate of drug-likeness (QED) is 0.359. The van der Waals surface area contributed by atoms with Crippen molar-refractivity contribution in [1.82, 2.24) is 10.2 Å². The molecule has 2 N–H and O–H groups in total. The van der Waals surface area contributed by atoms with E-state index < -0.39 is 0 Å². The number of benzene rings is 3. The number of nitrogens with one attached hydrogen (secondary N) is 2. The smallest absolute Gasteiger partial charge is 0.255 e. The number of para-hydroxylation sites is 1. The molecule has 1 fully saturated rings. The van der Waals surface area contributed by atoms with Crippen LogP contribution in [0.4, 0.5) is 5.69 Å². The Morgan fingerprint density at radius 2 is 1.68 bits per heavy atom. The predicted molar refractivity (Wildman–Crippen MR) is 144 cm³/mol. The van der Waals surface area contributed by atoms with Gasteiger partial charge in [-0.05, 0) is 48.0 Å². The Kier molecular flexibility index (Phi) is 7.30. The number of carbonyl (C=O) groups is 1. The Bertz CT molecular complexity index is 1380. The van der Waals surface area contributed by atoms with E-state index in [1.165, 1.54) is 26.9 Å². The second-order valence-corrected chi connectivity index (χ2v) is 8.92. The highest BCUT2D eigenvalue weighted by molar-refractivity contribution is 6.07. The molecule has 0 radical (unpaired) electrons. The fourth-order valence-corrected chi connectivity index (χ4v) is 4.67. The van der Waals surface area contributed by atoms with Crippen LogP contribution in [0.5, 0.6) is 17.2 Å². The summed E-state index contributed by atoms with van der Waals surface area (Å²) >= 11 is 0. The summed E-state index contributed by atoms with van der Waals surface area (Å²) in [7, 11) is 4.56. The number of piperazine rings is 1. The van der Waals surface area contributed by atoms with Crippen molar-refractivity contribution >= 4 is 22.6 Å². The predicted octanol–water partition coefficient (Wildman–Crippen LogP) is 4.78. The summed E-state index contributed by atoms with van der Waals surface area (Å²) in [6, 6.07) is 19.2. The van der Waals surface area contributed by atoms with Crippen molar-refractivity contribution in [3.63, 3.8) is 0 Å². The van der Waals surface area contributed by atoms with Gasteiger partial charge >= 0.3 is 0 Å². The lowest BCUT2D eigenvalue weighted by Gasteiger charge is -2.27. The maximum atomic E-state index is 13.2. The highest BCUT2D eigenvalue weighted by atomic mass is 16.5. The van der Waals surface area contributed by atoms with Crippen LogP contribution in [0, 0.1) is 0 Å². The fourth-order valence-electron chi connectivity index (χ4n) is 4.67. The molecule has 2 heterocycles. The molecule has 1 aliphatic heterocycles. The van der Waals surface area contributed by atoms with E-state index in [1.54, 1.807) is 12.1 Å². The molecule has 0 aliphatic carbocycles. The van der Waals surface area contributed by atoms with E-state index in [1.807, 2.05) is 36.4 Å². The molecule has 1 aliphatic rings. The van der Waals surface area contributed by atoms with Gasteiger partial charge in [0.05, 0.1) is 27.0 Å². The van der Waals surface area contributed by atoms with Gasteiger partial charge in [-0.15, -0.1) is 0 Å². The van der Waals surface area contributed by atoms with Crippen LogP contribution in [0.25, 0.3) is 22.3 Å². The lowest BCUT2D eigenvalue weighted by molar-refractivity contribution is 0.102. The third-order valence-electron chi connectivity index (χ3n) is 6.56. The second kappa shape index (κ2) is 10.9. The summed E-state index contributed by atoms with van der Waals surface area (Å²) in [5, 5.41) is 7.44. The molecule has 0 unspecified atom stereocenters. The standard InChI is InChI=1S/C29H31N3O5/c1-34-26-16-21(17-27(35-2)28(26)36-3)29(33)31-23-7-5-4-6-22(23)25-15-20-14-19(8-9-24(20)37-25)18-32-12-10-30-11-13-32/h4-9,14-17,30H,10-13,18H2,1-3H3,(H,31,33). The number of hydrogen-bond donors (Lipinski definition) is 2. The SMILES string of the molecule is COc1cc(C(=O)Nc2ccccc2-c2cc3cc(CN4CCNCC4)ccc3o2)cc(OC)c1OC. The van der Waals surface area contributed by atoms with Gasteiger partial charge < -0.3 is 29.3 Å². The number of methoxy groups -OCH3 is 3. The summed E-state index contributed by atoms with van der Waals surface area (Å²) in [6.07, 6.45) is 0. The summed E-state index contributed by atoms with van der Waals surface area (Å²) in [4.78, 5) is 15.7. The van der Waals surface area contributed by atoms with E-state index in [-0.39, 0.29) is 5.91 Å². The van der Waals surface area contributed by atoms with Crippen molar-refractivity contribution in [2.24, 2.45) is 0 Å². The number of hydrogen-bond acceptors (Lipinski definition) is 7. The molecule has 4 aromatic rings. The number of furan rings is 1. The fraction of sp³-hybridized carbons (Fsp3) is 0.276. The molecular weight excluding hydrogens is 470 g/mol. The van der Waals surface area contributed by atoms with Crippen molar-refractivity contribution in [3.05, 3.63) is 71.8 Å². The van der Waals surface area contributed by atoms with Crippen molar-refractivity contribution in [2.75, 3.05) is 52.8 Å².